The molecule has 0 aliphatic rings. The molecule has 1 rings (SSSR count). The van der Waals surface area contributed by atoms with E-state index in [2.05, 4.69) is 5.48 Å². The molecule has 1 unspecified atom stereocenters. The summed E-state index contributed by atoms with van der Waals surface area (Å²) < 4.78 is 0. The van der Waals surface area contributed by atoms with E-state index in [9.17, 15) is 0 Å². The number of hydrogen-bond acceptors (Lipinski definition) is 2. The first kappa shape index (κ1) is 9.81. The van der Waals surface area contributed by atoms with E-state index in [1.165, 1.54) is 0 Å². The first-order valence-corrected chi connectivity index (χ1v) is 4.26. The number of nitrogens with one attached hydrogen (secondary N) is 1. The molecule has 0 bridgehead atoms. The molecule has 0 aromatic heterocycles. The van der Waals surface area contributed by atoms with E-state index in [4.69, 9.17) is 28.4 Å². The van der Waals surface area contributed by atoms with Crippen LogP contribution in [0.3, 0.4) is 0 Å². The van der Waals surface area contributed by atoms with Gasteiger partial charge in [-0.1, -0.05) is 35.3 Å². The lowest BCUT2D eigenvalue weighted by molar-refractivity contribution is 0.133. The maximum atomic E-state index is 8.65. The molecule has 1 aromatic rings. The van der Waals surface area contributed by atoms with Gasteiger partial charge in [0.1, 0.15) is 0 Å². The molecule has 0 aliphatic heterocycles. The third-order valence-corrected chi connectivity index (χ3v) is 2.48. The molecule has 4 heteroatoms. The largest absolute Gasteiger partial charge is 0.316 e. The molecule has 1 atom stereocenters. The minimum absolute atomic E-state index is 0.212. The summed E-state index contributed by atoms with van der Waals surface area (Å²) in [7, 11) is 0. The van der Waals surface area contributed by atoms with Gasteiger partial charge in [-0.3, -0.25) is 0 Å². The molecule has 0 aliphatic carbocycles. The van der Waals surface area contributed by atoms with Crippen molar-refractivity contribution in [2.24, 2.45) is 0 Å². The van der Waals surface area contributed by atoms with Crippen LogP contribution in [0.15, 0.2) is 18.2 Å². The van der Waals surface area contributed by atoms with Gasteiger partial charge in [0.25, 0.3) is 0 Å². The van der Waals surface area contributed by atoms with E-state index in [1.807, 2.05) is 6.07 Å². The second-order valence-electron chi connectivity index (χ2n) is 2.49. The van der Waals surface area contributed by atoms with E-state index in [1.54, 1.807) is 19.1 Å². The summed E-state index contributed by atoms with van der Waals surface area (Å²) in [6.45, 7) is 1.79. The summed E-state index contributed by atoms with van der Waals surface area (Å²) in [5, 5.41) is 9.63. The highest BCUT2D eigenvalue weighted by Crippen LogP contribution is 2.29. The fourth-order valence-electron chi connectivity index (χ4n) is 0.924. The van der Waals surface area contributed by atoms with Gasteiger partial charge in [0.05, 0.1) is 16.1 Å². The summed E-state index contributed by atoms with van der Waals surface area (Å²) in [6.07, 6.45) is 0. The molecule has 0 spiro atoms. The minimum atomic E-state index is -0.212. The molecular weight excluding hydrogens is 197 g/mol. The average Bonchev–Trinajstić information content (AvgIpc) is 2.08. The van der Waals surface area contributed by atoms with Gasteiger partial charge in [-0.15, -0.1) is 0 Å². The molecule has 12 heavy (non-hydrogen) atoms. The fraction of sp³-hybridized carbons (Fsp3) is 0.250. The third-order valence-electron chi connectivity index (χ3n) is 1.64. The van der Waals surface area contributed by atoms with Gasteiger partial charge >= 0.3 is 0 Å². The molecule has 1 aromatic carbocycles. The Balaban J connectivity index is 3.07. The predicted molar refractivity (Wildman–Crippen MR) is 49.8 cm³/mol. The van der Waals surface area contributed by atoms with Gasteiger partial charge in [0.15, 0.2) is 0 Å². The molecule has 0 heterocycles. The maximum absolute atomic E-state index is 8.65. The highest BCUT2D eigenvalue weighted by atomic mass is 35.5. The van der Waals surface area contributed by atoms with Crippen LogP contribution in [0.25, 0.3) is 0 Å². The van der Waals surface area contributed by atoms with Crippen LogP contribution >= 0.6 is 23.2 Å². The Morgan fingerprint density at radius 2 is 2.08 bits per heavy atom. The maximum Gasteiger partial charge on any atom is 0.0640 e. The summed E-state index contributed by atoms with van der Waals surface area (Å²) in [6, 6.07) is 5.09. The van der Waals surface area contributed by atoms with Gasteiger partial charge in [0, 0.05) is 0 Å². The Labute approximate surface area is 81.1 Å². The lowest BCUT2D eigenvalue weighted by Gasteiger charge is -2.11. The van der Waals surface area contributed by atoms with Crippen LogP contribution in [0.5, 0.6) is 0 Å². The zero-order valence-electron chi connectivity index (χ0n) is 6.51. The van der Waals surface area contributed by atoms with E-state index < -0.39 is 0 Å². The summed E-state index contributed by atoms with van der Waals surface area (Å²) in [5.74, 6) is 0. The van der Waals surface area contributed by atoms with Gasteiger partial charge in [-0.25, -0.2) is 0 Å². The second kappa shape index (κ2) is 4.10. The van der Waals surface area contributed by atoms with Crippen molar-refractivity contribution in [1.82, 2.24) is 5.48 Å². The molecule has 66 valence electrons. The van der Waals surface area contributed by atoms with Crippen LogP contribution in [0.4, 0.5) is 0 Å². The first-order valence-electron chi connectivity index (χ1n) is 3.50. The number of benzene rings is 1. The van der Waals surface area contributed by atoms with Crippen LogP contribution in [0.2, 0.25) is 10.0 Å². The normalized spacial score (nSPS) is 13.0. The van der Waals surface area contributed by atoms with Gasteiger partial charge in [-0.2, -0.15) is 5.48 Å². The minimum Gasteiger partial charge on any atom is -0.316 e. The van der Waals surface area contributed by atoms with Gasteiger partial charge < -0.3 is 5.21 Å². The lowest BCUT2D eigenvalue weighted by Crippen LogP contribution is -2.13. The van der Waals surface area contributed by atoms with E-state index in [0.29, 0.717) is 10.0 Å². The quantitative estimate of drug-likeness (QED) is 0.729. The SMILES string of the molecule is CC(NO)c1cccc(Cl)c1Cl. The number of hydroxylamine groups is 1. The highest BCUT2D eigenvalue weighted by molar-refractivity contribution is 6.42. The van der Waals surface area contributed by atoms with E-state index in [-0.39, 0.29) is 6.04 Å². The molecule has 0 radical (unpaired) electrons. The smallest absolute Gasteiger partial charge is 0.0640 e. The molecular formula is C8H9Cl2NO. The molecule has 2 nitrogen and oxygen atoms in total. The van der Waals surface area contributed by atoms with Crippen molar-refractivity contribution in [3.8, 4) is 0 Å². The second-order valence-corrected chi connectivity index (χ2v) is 3.28. The summed E-state index contributed by atoms with van der Waals surface area (Å²) in [5.41, 5.74) is 2.89. The fourth-order valence-corrected chi connectivity index (χ4v) is 1.40. The van der Waals surface area contributed by atoms with Gasteiger partial charge in [-0.05, 0) is 18.6 Å². The van der Waals surface area contributed by atoms with Crippen molar-refractivity contribution in [2.75, 3.05) is 0 Å². The van der Waals surface area contributed by atoms with Crippen LogP contribution in [-0.4, -0.2) is 5.21 Å². The lowest BCUT2D eigenvalue weighted by atomic mass is 10.1. The first-order chi connectivity index (χ1) is 5.66. The monoisotopic (exact) mass is 205 g/mol. The van der Waals surface area contributed by atoms with E-state index in [0.717, 1.165) is 5.56 Å². The van der Waals surface area contributed by atoms with Crippen molar-refractivity contribution >= 4 is 23.2 Å². The zero-order valence-corrected chi connectivity index (χ0v) is 8.02. The van der Waals surface area contributed by atoms with Crippen molar-refractivity contribution in [1.29, 1.82) is 0 Å². The number of halogens is 2. The Bertz CT molecular complexity index is 278. The molecule has 0 amide bonds. The Morgan fingerprint density at radius 3 is 2.67 bits per heavy atom. The van der Waals surface area contributed by atoms with Crippen LogP contribution in [0.1, 0.15) is 18.5 Å². The van der Waals surface area contributed by atoms with Crippen LogP contribution in [-0.2, 0) is 0 Å². The van der Waals surface area contributed by atoms with Gasteiger partial charge in [0.2, 0.25) is 0 Å². The predicted octanol–water partition coefficient (Wildman–Crippen LogP) is 3.03. The molecule has 0 saturated heterocycles. The van der Waals surface area contributed by atoms with E-state index >= 15 is 0 Å². The van der Waals surface area contributed by atoms with Crippen molar-refractivity contribution < 1.29 is 5.21 Å². The van der Waals surface area contributed by atoms with Crippen LogP contribution in [0, 0.1) is 0 Å². The highest BCUT2D eigenvalue weighted by Gasteiger charge is 2.09. The topological polar surface area (TPSA) is 32.3 Å². The average molecular weight is 206 g/mol. The summed E-state index contributed by atoms with van der Waals surface area (Å²) in [4.78, 5) is 0. The third kappa shape index (κ3) is 1.90. The molecule has 0 saturated carbocycles. The Hall–Kier alpha value is -0.280. The van der Waals surface area contributed by atoms with Crippen molar-refractivity contribution in [2.45, 2.75) is 13.0 Å². The molecule has 2 N–H and O–H groups in total. The zero-order chi connectivity index (χ0) is 9.14. The van der Waals surface area contributed by atoms with Crippen molar-refractivity contribution in [3.63, 3.8) is 0 Å². The standard InChI is InChI=1S/C8H9Cl2NO/c1-5(11-12)6-3-2-4-7(9)8(6)10/h2-5,11-12H,1H3. The molecule has 0 fully saturated rings. The number of rotatable bonds is 2. The Morgan fingerprint density at radius 1 is 1.42 bits per heavy atom. The Kier molecular flexibility index (Phi) is 3.35. The van der Waals surface area contributed by atoms with Crippen molar-refractivity contribution in [3.05, 3.63) is 33.8 Å². The van der Waals surface area contributed by atoms with Crippen LogP contribution < -0.4 is 5.48 Å². The summed E-state index contributed by atoms with van der Waals surface area (Å²) >= 11 is 11.7. The number of hydrogen-bond donors (Lipinski definition) is 2.